The molecule has 3 nitrogen and oxygen atoms in total. The van der Waals surface area contributed by atoms with Crippen molar-refractivity contribution < 1.29 is 9.53 Å². The third-order valence-electron chi connectivity index (χ3n) is 4.58. The first-order valence-electron chi connectivity index (χ1n) is 8.84. The van der Waals surface area contributed by atoms with Crippen molar-refractivity contribution in [1.29, 1.82) is 0 Å². The normalized spacial score (nSPS) is 11.0. The minimum absolute atomic E-state index is 0.192. The van der Waals surface area contributed by atoms with Gasteiger partial charge >= 0.3 is 0 Å². The van der Waals surface area contributed by atoms with Gasteiger partial charge in [-0.05, 0) is 29.3 Å². The minimum atomic E-state index is -0.259. The van der Waals surface area contributed by atoms with E-state index < -0.39 is 0 Å². The van der Waals surface area contributed by atoms with Crippen LogP contribution in [0.5, 0.6) is 5.75 Å². The van der Waals surface area contributed by atoms with Crippen molar-refractivity contribution in [2.24, 2.45) is 0 Å². The number of rotatable bonds is 5. The Kier molecular flexibility index (Phi) is 5.33. The van der Waals surface area contributed by atoms with E-state index in [9.17, 15) is 4.79 Å². The van der Waals surface area contributed by atoms with Crippen LogP contribution in [0.2, 0.25) is 5.02 Å². The zero-order chi connectivity index (χ0) is 19.5. The fourth-order valence-electron chi connectivity index (χ4n) is 3.17. The summed E-state index contributed by atoms with van der Waals surface area (Å²) in [5.41, 5.74) is 2.03. The van der Waals surface area contributed by atoms with Crippen molar-refractivity contribution in [2.45, 2.75) is 6.04 Å². The highest BCUT2D eigenvalue weighted by Gasteiger charge is 2.22. The van der Waals surface area contributed by atoms with Gasteiger partial charge < -0.3 is 10.1 Å². The summed E-state index contributed by atoms with van der Waals surface area (Å²) in [6.45, 7) is 0. The first-order valence-corrected chi connectivity index (χ1v) is 10.0. The molecule has 0 aliphatic heterocycles. The molecule has 0 saturated carbocycles. The monoisotopic (exact) mass is 407 g/mol. The van der Waals surface area contributed by atoms with E-state index in [4.69, 9.17) is 16.3 Å². The molecule has 1 N–H and O–H groups in total. The molecular weight excluding hydrogens is 390 g/mol. The number of halogens is 1. The first-order chi connectivity index (χ1) is 13.7. The van der Waals surface area contributed by atoms with Crippen LogP contribution in [0.4, 0.5) is 0 Å². The summed E-state index contributed by atoms with van der Waals surface area (Å²) in [5.74, 6) is 0.522. The highest BCUT2D eigenvalue weighted by molar-refractivity contribution is 7.21. The number of thiophene rings is 1. The standard InChI is InChI=1S/C23H18ClNO2S/c1-27-17-12-13-19-18(14-17)20(24)22(28-19)23(26)25-21(15-8-4-2-5-9-15)16-10-6-3-7-11-16/h2-14,21H,1H3,(H,25,26). The number of amides is 1. The first kappa shape index (κ1) is 18.5. The summed E-state index contributed by atoms with van der Waals surface area (Å²) < 4.78 is 6.22. The molecule has 1 aromatic heterocycles. The SMILES string of the molecule is COc1ccc2sc(C(=O)NC(c3ccccc3)c3ccccc3)c(Cl)c2c1. The molecule has 1 amide bonds. The second-order valence-corrected chi connectivity index (χ2v) is 7.77. The summed E-state index contributed by atoms with van der Waals surface area (Å²) >= 11 is 7.93. The van der Waals surface area contributed by atoms with E-state index in [0.29, 0.717) is 15.6 Å². The molecule has 0 saturated heterocycles. The van der Waals surface area contributed by atoms with E-state index in [1.807, 2.05) is 78.9 Å². The molecule has 1 heterocycles. The Morgan fingerprint density at radius 1 is 0.964 bits per heavy atom. The molecule has 5 heteroatoms. The van der Waals surface area contributed by atoms with Gasteiger partial charge in [-0.15, -0.1) is 11.3 Å². The molecule has 0 spiro atoms. The molecule has 3 aromatic carbocycles. The number of hydrogen-bond acceptors (Lipinski definition) is 3. The van der Waals surface area contributed by atoms with Crippen LogP contribution < -0.4 is 10.1 Å². The second kappa shape index (κ2) is 8.05. The highest BCUT2D eigenvalue weighted by atomic mass is 35.5. The van der Waals surface area contributed by atoms with E-state index in [1.165, 1.54) is 11.3 Å². The van der Waals surface area contributed by atoms with Crippen molar-refractivity contribution in [1.82, 2.24) is 5.32 Å². The number of fused-ring (bicyclic) bond motifs is 1. The molecule has 0 radical (unpaired) electrons. The lowest BCUT2D eigenvalue weighted by atomic mass is 9.98. The summed E-state index contributed by atoms with van der Waals surface area (Å²) in [4.78, 5) is 13.6. The number of carbonyl (C=O) groups excluding carboxylic acids is 1. The Balaban J connectivity index is 1.70. The van der Waals surface area contributed by atoms with Crippen molar-refractivity contribution in [3.05, 3.63) is 99.9 Å². The van der Waals surface area contributed by atoms with E-state index in [1.54, 1.807) is 7.11 Å². The number of hydrogen-bond donors (Lipinski definition) is 1. The number of methoxy groups -OCH3 is 1. The quantitative estimate of drug-likeness (QED) is 0.435. The smallest absolute Gasteiger partial charge is 0.263 e. The third-order valence-corrected chi connectivity index (χ3v) is 6.26. The Hall–Kier alpha value is -2.82. The van der Waals surface area contributed by atoms with Crippen LogP contribution in [0, 0.1) is 0 Å². The number of benzene rings is 3. The fourth-order valence-corrected chi connectivity index (χ4v) is 4.56. The average molecular weight is 408 g/mol. The molecule has 0 aliphatic carbocycles. The molecule has 28 heavy (non-hydrogen) atoms. The molecule has 0 unspecified atom stereocenters. The van der Waals surface area contributed by atoms with Gasteiger partial charge in [0.25, 0.3) is 5.91 Å². The van der Waals surface area contributed by atoms with Crippen LogP contribution in [-0.4, -0.2) is 13.0 Å². The third kappa shape index (κ3) is 3.61. The predicted octanol–water partition coefficient (Wildman–Crippen LogP) is 6.08. The van der Waals surface area contributed by atoms with Crippen LogP contribution in [-0.2, 0) is 0 Å². The molecule has 0 atom stereocenters. The van der Waals surface area contributed by atoms with Crippen LogP contribution in [0.15, 0.2) is 78.9 Å². The summed E-state index contributed by atoms with van der Waals surface area (Å²) in [6.07, 6.45) is 0. The zero-order valence-electron chi connectivity index (χ0n) is 15.2. The zero-order valence-corrected chi connectivity index (χ0v) is 16.8. The van der Waals surface area contributed by atoms with E-state index in [2.05, 4.69) is 5.32 Å². The second-order valence-electron chi connectivity index (χ2n) is 6.34. The van der Waals surface area contributed by atoms with Gasteiger partial charge in [0.15, 0.2) is 0 Å². The number of ether oxygens (including phenoxy) is 1. The summed E-state index contributed by atoms with van der Waals surface area (Å²) in [5, 5.41) is 4.43. The topological polar surface area (TPSA) is 38.3 Å². The van der Waals surface area contributed by atoms with Crippen molar-refractivity contribution in [3.63, 3.8) is 0 Å². The predicted molar refractivity (Wildman–Crippen MR) is 116 cm³/mol. The van der Waals surface area contributed by atoms with Gasteiger partial charge in [0.1, 0.15) is 10.6 Å². The molecular formula is C23H18ClNO2S. The lowest BCUT2D eigenvalue weighted by Gasteiger charge is -2.19. The molecule has 140 valence electrons. The van der Waals surface area contributed by atoms with Crippen molar-refractivity contribution in [2.75, 3.05) is 7.11 Å². The summed E-state index contributed by atoms with van der Waals surface area (Å²) in [6, 6.07) is 25.2. The van der Waals surface area contributed by atoms with E-state index in [0.717, 1.165) is 21.2 Å². The van der Waals surface area contributed by atoms with Gasteiger partial charge in [-0.3, -0.25) is 4.79 Å². The van der Waals surface area contributed by atoms with Crippen LogP contribution in [0.25, 0.3) is 10.1 Å². The average Bonchev–Trinajstić information content (AvgIpc) is 3.09. The molecule has 0 bridgehead atoms. The Morgan fingerprint density at radius 2 is 1.57 bits per heavy atom. The van der Waals surface area contributed by atoms with Gasteiger partial charge in [-0.25, -0.2) is 0 Å². The van der Waals surface area contributed by atoms with Crippen LogP contribution in [0.1, 0.15) is 26.8 Å². The Bertz CT molecular complexity index is 1070. The molecule has 0 fully saturated rings. The Labute approximate surface area is 172 Å². The number of carbonyl (C=O) groups is 1. The maximum Gasteiger partial charge on any atom is 0.263 e. The van der Waals surface area contributed by atoms with Gasteiger partial charge in [0.05, 0.1) is 18.2 Å². The van der Waals surface area contributed by atoms with Crippen molar-refractivity contribution >= 4 is 38.9 Å². The number of nitrogens with one attached hydrogen (secondary N) is 1. The largest absolute Gasteiger partial charge is 0.497 e. The molecule has 4 aromatic rings. The van der Waals surface area contributed by atoms with Crippen LogP contribution >= 0.6 is 22.9 Å². The molecule has 0 aliphatic rings. The van der Waals surface area contributed by atoms with Gasteiger partial charge in [-0.1, -0.05) is 72.3 Å². The highest BCUT2D eigenvalue weighted by Crippen LogP contribution is 2.37. The van der Waals surface area contributed by atoms with Gasteiger partial charge in [0.2, 0.25) is 0 Å². The minimum Gasteiger partial charge on any atom is -0.497 e. The van der Waals surface area contributed by atoms with Crippen molar-refractivity contribution in [3.8, 4) is 5.75 Å². The van der Waals surface area contributed by atoms with E-state index >= 15 is 0 Å². The maximum absolute atomic E-state index is 13.1. The van der Waals surface area contributed by atoms with Crippen LogP contribution in [0.3, 0.4) is 0 Å². The van der Waals surface area contributed by atoms with E-state index in [-0.39, 0.29) is 11.9 Å². The fraction of sp³-hybridized carbons (Fsp3) is 0.0870. The summed E-state index contributed by atoms with van der Waals surface area (Å²) in [7, 11) is 1.61. The lowest BCUT2D eigenvalue weighted by molar-refractivity contribution is 0.0947. The maximum atomic E-state index is 13.1. The molecule has 4 rings (SSSR count). The Morgan fingerprint density at radius 3 is 2.14 bits per heavy atom. The van der Waals surface area contributed by atoms with Gasteiger partial charge in [0, 0.05) is 10.1 Å². The lowest BCUT2D eigenvalue weighted by Crippen LogP contribution is -2.28. The van der Waals surface area contributed by atoms with Gasteiger partial charge in [-0.2, -0.15) is 0 Å².